The van der Waals surface area contributed by atoms with E-state index in [0.717, 1.165) is 22.1 Å². The third-order valence-corrected chi connectivity index (χ3v) is 4.55. The Morgan fingerprint density at radius 1 is 1.14 bits per heavy atom. The van der Waals surface area contributed by atoms with Gasteiger partial charge in [0, 0.05) is 23.9 Å². The number of nitrogens with one attached hydrogen (secondary N) is 1. The van der Waals surface area contributed by atoms with Gasteiger partial charge >= 0.3 is 11.9 Å². The van der Waals surface area contributed by atoms with Crippen LogP contribution in [0.4, 0.5) is 0 Å². The molecule has 1 aromatic heterocycles. The standard InChI is InChI=1S/C22H29NO6/c1-5-27-21(25)7-6-8-23-20(24)13-29-22(26)10-16-12-28-19-9-15(4)17(14(2)3)11-18(16)19/h9,11-12,14H,5-8,10,13H2,1-4H3,(H,23,24). The Morgan fingerprint density at radius 3 is 2.59 bits per heavy atom. The number of hydrogen-bond donors (Lipinski definition) is 1. The number of ether oxygens (including phenoxy) is 2. The summed E-state index contributed by atoms with van der Waals surface area (Å²) in [6.07, 6.45) is 2.30. The Balaban J connectivity index is 1.81. The van der Waals surface area contributed by atoms with Gasteiger partial charge in [0.05, 0.1) is 19.3 Å². The summed E-state index contributed by atoms with van der Waals surface area (Å²) in [5, 5.41) is 3.50. The summed E-state index contributed by atoms with van der Waals surface area (Å²) >= 11 is 0. The van der Waals surface area contributed by atoms with Crippen LogP contribution in [0.1, 0.15) is 56.2 Å². The zero-order valence-electron chi connectivity index (χ0n) is 17.5. The highest BCUT2D eigenvalue weighted by atomic mass is 16.5. The van der Waals surface area contributed by atoms with Gasteiger partial charge in [0.1, 0.15) is 5.58 Å². The number of carbonyl (C=O) groups is 3. The molecule has 0 aliphatic heterocycles. The van der Waals surface area contributed by atoms with Crippen LogP contribution < -0.4 is 5.32 Å². The monoisotopic (exact) mass is 403 g/mol. The largest absolute Gasteiger partial charge is 0.466 e. The van der Waals surface area contributed by atoms with Gasteiger partial charge in [-0.3, -0.25) is 14.4 Å². The van der Waals surface area contributed by atoms with Crippen LogP contribution in [0, 0.1) is 6.92 Å². The maximum atomic E-state index is 12.1. The molecule has 1 aromatic carbocycles. The summed E-state index contributed by atoms with van der Waals surface area (Å²) in [5.41, 5.74) is 3.82. The predicted molar refractivity (Wildman–Crippen MR) is 109 cm³/mol. The van der Waals surface area contributed by atoms with E-state index in [2.05, 4.69) is 25.2 Å². The Labute approximate surface area is 170 Å². The van der Waals surface area contributed by atoms with Gasteiger partial charge in [-0.25, -0.2) is 0 Å². The maximum absolute atomic E-state index is 12.1. The zero-order chi connectivity index (χ0) is 21.4. The van der Waals surface area contributed by atoms with Crippen molar-refractivity contribution in [2.75, 3.05) is 19.8 Å². The Hall–Kier alpha value is -2.83. The van der Waals surface area contributed by atoms with E-state index in [-0.39, 0.29) is 25.4 Å². The second-order valence-electron chi connectivity index (χ2n) is 7.22. The van der Waals surface area contributed by atoms with Gasteiger partial charge in [-0.15, -0.1) is 0 Å². The topological polar surface area (TPSA) is 94.8 Å². The van der Waals surface area contributed by atoms with Crippen LogP contribution in [-0.4, -0.2) is 37.6 Å². The fourth-order valence-electron chi connectivity index (χ4n) is 3.10. The van der Waals surface area contributed by atoms with Crippen molar-refractivity contribution in [3.05, 3.63) is 35.1 Å². The van der Waals surface area contributed by atoms with E-state index >= 15 is 0 Å². The summed E-state index contributed by atoms with van der Waals surface area (Å²) in [7, 11) is 0. The second-order valence-corrected chi connectivity index (χ2v) is 7.22. The normalized spacial score (nSPS) is 10.9. The fourth-order valence-corrected chi connectivity index (χ4v) is 3.10. The number of amides is 1. The van der Waals surface area contributed by atoms with E-state index in [9.17, 15) is 14.4 Å². The van der Waals surface area contributed by atoms with Crippen molar-refractivity contribution in [3.63, 3.8) is 0 Å². The number of hydrogen-bond acceptors (Lipinski definition) is 6. The van der Waals surface area contributed by atoms with Crippen LogP contribution in [0.2, 0.25) is 0 Å². The number of carbonyl (C=O) groups excluding carboxylic acids is 3. The number of esters is 2. The molecule has 0 saturated carbocycles. The first-order chi connectivity index (χ1) is 13.8. The average Bonchev–Trinajstić information content (AvgIpc) is 3.04. The lowest BCUT2D eigenvalue weighted by atomic mass is 9.95. The number of fused-ring (bicyclic) bond motifs is 1. The molecule has 0 spiro atoms. The van der Waals surface area contributed by atoms with Gasteiger partial charge in [0.15, 0.2) is 6.61 Å². The molecule has 7 heteroatoms. The highest BCUT2D eigenvalue weighted by Gasteiger charge is 2.15. The highest BCUT2D eigenvalue weighted by Crippen LogP contribution is 2.29. The lowest BCUT2D eigenvalue weighted by Gasteiger charge is -2.10. The van der Waals surface area contributed by atoms with E-state index in [1.165, 1.54) is 5.56 Å². The van der Waals surface area contributed by atoms with Crippen molar-refractivity contribution < 1.29 is 28.3 Å². The Kier molecular flexibility index (Phi) is 8.24. The maximum Gasteiger partial charge on any atom is 0.310 e. The summed E-state index contributed by atoms with van der Waals surface area (Å²) in [5.74, 6) is -0.837. The summed E-state index contributed by atoms with van der Waals surface area (Å²) in [4.78, 5) is 35.1. The number of benzene rings is 1. The Bertz CT molecular complexity index is 868. The van der Waals surface area contributed by atoms with E-state index in [1.807, 2.05) is 13.0 Å². The number of rotatable bonds is 10. The number of aryl methyl sites for hydroxylation is 1. The fraction of sp³-hybridized carbons (Fsp3) is 0.500. The molecule has 1 N–H and O–H groups in total. The molecule has 0 unspecified atom stereocenters. The lowest BCUT2D eigenvalue weighted by molar-refractivity contribution is -0.147. The minimum Gasteiger partial charge on any atom is -0.466 e. The molecule has 2 aromatic rings. The molecule has 0 saturated heterocycles. The molecule has 0 radical (unpaired) electrons. The molecule has 7 nitrogen and oxygen atoms in total. The van der Waals surface area contributed by atoms with E-state index in [4.69, 9.17) is 13.9 Å². The van der Waals surface area contributed by atoms with Crippen LogP contribution in [-0.2, 0) is 30.3 Å². The molecule has 0 aliphatic carbocycles. The minimum atomic E-state index is -0.499. The molecular formula is C22H29NO6. The van der Waals surface area contributed by atoms with E-state index < -0.39 is 11.9 Å². The first-order valence-electron chi connectivity index (χ1n) is 9.90. The zero-order valence-corrected chi connectivity index (χ0v) is 17.5. The minimum absolute atomic E-state index is 0.0315. The van der Waals surface area contributed by atoms with Crippen molar-refractivity contribution in [1.82, 2.24) is 5.32 Å². The van der Waals surface area contributed by atoms with Crippen molar-refractivity contribution in [1.29, 1.82) is 0 Å². The van der Waals surface area contributed by atoms with Crippen LogP contribution in [0.15, 0.2) is 22.8 Å². The third-order valence-electron chi connectivity index (χ3n) is 4.55. The third kappa shape index (κ3) is 6.62. The molecule has 0 bridgehead atoms. The van der Waals surface area contributed by atoms with Crippen LogP contribution >= 0.6 is 0 Å². The lowest BCUT2D eigenvalue weighted by Crippen LogP contribution is -2.30. The Morgan fingerprint density at radius 2 is 1.90 bits per heavy atom. The van der Waals surface area contributed by atoms with Crippen LogP contribution in [0.5, 0.6) is 0 Å². The number of furan rings is 1. The van der Waals surface area contributed by atoms with Crippen LogP contribution in [0.25, 0.3) is 11.0 Å². The molecule has 0 atom stereocenters. The first-order valence-corrected chi connectivity index (χ1v) is 9.90. The van der Waals surface area contributed by atoms with Crippen molar-refractivity contribution in [3.8, 4) is 0 Å². The second kappa shape index (κ2) is 10.6. The van der Waals surface area contributed by atoms with Gasteiger partial charge in [-0.05, 0) is 49.4 Å². The SMILES string of the molecule is CCOC(=O)CCCNC(=O)COC(=O)Cc1coc2cc(C)c(C(C)C)cc12. The van der Waals surface area contributed by atoms with Crippen molar-refractivity contribution in [2.24, 2.45) is 0 Å². The smallest absolute Gasteiger partial charge is 0.310 e. The van der Waals surface area contributed by atoms with Gasteiger partial charge in [-0.1, -0.05) is 13.8 Å². The van der Waals surface area contributed by atoms with Gasteiger partial charge in [0.25, 0.3) is 5.91 Å². The summed E-state index contributed by atoms with van der Waals surface area (Å²) in [6, 6.07) is 4.03. The molecule has 158 valence electrons. The predicted octanol–water partition coefficient (Wildman–Crippen LogP) is 3.41. The summed E-state index contributed by atoms with van der Waals surface area (Å²) < 4.78 is 15.4. The van der Waals surface area contributed by atoms with Gasteiger partial charge in [0.2, 0.25) is 0 Å². The molecule has 0 fully saturated rings. The quantitative estimate of drug-likeness (QED) is 0.483. The first kappa shape index (κ1) is 22.5. The van der Waals surface area contributed by atoms with E-state index in [1.54, 1.807) is 13.2 Å². The van der Waals surface area contributed by atoms with E-state index in [0.29, 0.717) is 25.5 Å². The molecular weight excluding hydrogens is 374 g/mol. The van der Waals surface area contributed by atoms with Crippen molar-refractivity contribution in [2.45, 2.75) is 52.9 Å². The molecule has 2 rings (SSSR count). The highest BCUT2D eigenvalue weighted by molar-refractivity contribution is 5.88. The van der Waals surface area contributed by atoms with Gasteiger partial charge in [-0.2, -0.15) is 0 Å². The van der Waals surface area contributed by atoms with Crippen LogP contribution in [0.3, 0.4) is 0 Å². The molecule has 29 heavy (non-hydrogen) atoms. The molecule has 1 amide bonds. The average molecular weight is 403 g/mol. The molecule has 0 aliphatic rings. The molecule has 1 heterocycles. The summed E-state index contributed by atoms with van der Waals surface area (Å²) in [6.45, 7) is 8.32. The van der Waals surface area contributed by atoms with Gasteiger partial charge < -0.3 is 19.2 Å². The van der Waals surface area contributed by atoms with Crippen molar-refractivity contribution >= 4 is 28.8 Å².